The van der Waals surface area contributed by atoms with E-state index in [-0.39, 0.29) is 5.91 Å². The summed E-state index contributed by atoms with van der Waals surface area (Å²) in [6.45, 7) is 0. The van der Waals surface area contributed by atoms with Crippen LogP contribution in [-0.2, 0) is 0 Å². The van der Waals surface area contributed by atoms with E-state index in [1.54, 1.807) is 31.7 Å². The van der Waals surface area contributed by atoms with Crippen molar-refractivity contribution in [3.8, 4) is 5.75 Å². The molecule has 2 rings (SSSR count). The van der Waals surface area contributed by atoms with Crippen molar-refractivity contribution in [2.24, 2.45) is 0 Å². The van der Waals surface area contributed by atoms with E-state index in [1.165, 1.54) is 16.2 Å². The maximum atomic E-state index is 12.1. The molecular formula is C12H13N3O2S. The summed E-state index contributed by atoms with van der Waals surface area (Å²) in [4.78, 5) is 17.6. The third-order valence-corrected chi connectivity index (χ3v) is 3.18. The number of ether oxygens (including phenoxy) is 1. The zero-order chi connectivity index (χ0) is 13.1. The van der Waals surface area contributed by atoms with Gasteiger partial charge in [0.15, 0.2) is 5.13 Å². The molecule has 2 N–H and O–H groups in total. The highest BCUT2D eigenvalue weighted by Crippen LogP contribution is 2.20. The Morgan fingerprint density at radius 2 is 2.06 bits per heavy atom. The van der Waals surface area contributed by atoms with E-state index >= 15 is 0 Å². The molecule has 5 nitrogen and oxygen atoms in total. The average Bonchev–Trinajstić information content (AvgIpc) is 2.84. The van der Waals surface area contributed by atoms with Crippen LogP contribution in [0.1, 0.15) is 10.5 Å². The van der Waals surface area contributed by atoms with Crippen LogP contribution in [-0.4, -0.2) is 25.0 Å². The van der Waals surface area contributed by atoms with Crippen molar-refractivity contribution in [1.82, 2.24) is 4.98 Å². The van der Waals surface area contributed by atoms with E-state index < -0.39 is 0 Å². The van der Waals surface area contributed by atoms with E-state index in [9.17, 15) is 4.79 Å². The molecule has 0 saturated heterocycles. The molecule has 2 aromatic rings. The topological polar surface area (TPSA) is 68.5 Å². The fraction of sp³-hybridized carbons (Fsp3) is 0.167. The second-order valence-electron chi connectivity index (χ2n) is 3.63. The lowest BCUT2D eigenvalue weighted by molar-refractivity contribution is 0.0989. The Hall–Kier alpha value is -2.08. The minimum Gasteiger partial charge on any atom is -0.497 e. The molecule has 0 spiro atoms. The third kappa shape index (κ3) is 2.43. The summed E-state index contributed by atoms with van der Waals surface area (Å²) in [5.41, 5.74) is 6.64. The minimum atomic E-state index is -0.187. The summed E-state index contributed by atoms with van der Waals surface area (Å²) in [6.07, 6.45) is 0. The fourth-order valence-corrected chi connectivity index (χ4v) is 2.02. The Morgan fingerprint density at radius 1 is 1.39 bits per heavy atom. The molecule has 0 aliphatic carbocycles. The first-order valence-electron chi connectivity index (χ1n) is 5.25. The van der Waals surface area contributed by atoms with Gasteiger partial charge in [-0.1, -0.05) is 0 Å². The van der Waals surface area contributed by atoms with E-state index in [0.717, 1.165) is 11.4 Å². The molecule has 94 valence electrons. The van der Waals surface area contributed by atoms with Crippen molar-refractivity contribution in [2.45, 2.75) is 0 Å². The molecule has 0 saturated carbocycles. The van der Waals surface area contributed by atoms with Crippen molar-refractivity contribution in [1.29, 1.82) is 0 Å². The van der Waals surface area contributed by atoms with Gasteiger partial charge in [0.2, 0.25) is 0 Å². The van der Waals surface area contributed by atoms with Gasteiger partial charge >= 0.3 is 0 Å². The number of benzene rings is 1. The zero-order valence-electron chi connectivity index (χ0n) is 10.1. The number of carbonyl (C=O) groups is 1. The number of aromatic nitrogens is 1. The number of nitrogens with zero attached hydrogens (tertiary/aromatic N) is 2. The van der Waals surface area contributed by atoms with Crippen molar-refractivity contribution >= 4 is 28.1 Å². The van der Waals surface area contributed by atoms with Gasteiger partial charge in [0.1, 0.15) is 11.4 Å². The Bertz CT molecular complexity index is 551. The largest absolute Gasteiger partial charge is 0.497 e. The normalized spacial score (nSPS) is 10.1. The van der Waals surface area contributed by atoms with Gasteiger partial charge in [-0.2, -0.15) is 0 Å². The molecule has 1 heterocycles. The standard InChI is InChI=1S/C12H13N3O2S/c1-15(8-3-5-9(17-2)6-4-8)11(16)10-7-18-12(13)14-10/h3-7H,1-2H3,(H2,13,14). The maximum absolute atomic E-state index is 12.1. The SMILES string of the molecule is COc1ccc(N(C)C(=O)c2csc(N)n2)cc1. The minimum absolute atomic E-state index is 0.187. The number of hydrogen-bond donors (Lipinski definition) is 1. The number of nitrogen functional groups attached to an aromatic ring is 1. The number of amides is 1. The molecular weight excluding hydrogens is 250 g/mol. The van der Waals surface area contributed by atoms with Gasteiger partial charge in [0, 0.05) is 18.1 Å². The van der Waals surface area contributed by atoms with E-state index in [0.29, 0.717) is 10.8 Å². The van der Waals surface area contributed by atoms with Crippen LogP contribution < -0.4 is 15.4 Å². The molecule has 6 heteroatoms. The molecule has 0 radical (unpaired) electrons. The molecule has 0 bridgehead atoms. The molecule has 1 aromatic carbocycles. The molecule has 0 atom stereocenters. The number of methoxy groups -OCH3 is 1. The van der Waals surface area contributed by atoms with Gasteiger partial charge in [-0.05, 0) is 24.3 Å². The Labute approximate surface area is 109 Å². The first-order chi connectivity index (χ1) is 8.61. The smallest absolute Gasteiger partial charge is 0.277 e. The van der Waals surface area contributed by atoms with Crippen molar-refractivity contribution in [3.63, 3.8) is 0 Å². The van der Waals surface area contributed by atoms with Crippen molar-refractivity contribution < 1.29 is 9.53 Å². The Balaban J connectivity index is 2.19. The van der Waals surface area contributed by atoms with Crippen LogP contribution in [0, 0.1) is 0 Å². The lowest BCUT2D eigenvalue weighted by Crippen LogP contribution is -2.26. The summed E-state index contributed by atoms with van der Waals surface area (Å²) in [7, 11) is 3.29. The number of rotatable bonds is 3. The zero-order valence-corrected chi connectivity index (χ0v) is 10.9. The number of carbonyl (C=O) groups excluding carboxylic acids is 1. The highest BCUT2D eigenvalue weighted by molar-refractivity contribution is 7.13. The first-order valence-corrected chi connectivity index (χ1v) is 6.13. The van der Waals surface area contributed by atoms with E-state index in [4.69, 9.17) is 10.5 Å². The van der Waals surface area contributed by atoms with Crippen LogP contribution in [0.15, 0.2) is 29.6 Å². The number of anilines is 2. The van der Waals surface area contributed by atoms with Crippen LogP contribution in [0.4, 0.5) is 10.8 Å². The fourth-order valence-electron chi connectivity index (χ4n) is 1.48. The monoisotopic (exact) mass is 263 g/mol. The molecule has 0 aliphatic rings. The summed E-state index contributed by atoms with van der Waals surface area (Å²) in [5, 5.41) is 2.04. The van der Waals surface area contributed by atoms with Crippen LogP contribution >= 0.6 is 11.3 Å². The Kier molecular flexibility index (Phi) is 3.47. The van der Waals surface area contributed by atoms with Crippen molar-refractivity contribution in [3.05, 3.63) is 35.3 Å². The molecule has 0 aliphatic heterocycles. The highest BCUT2D eigenvalue weighted by Gasteiger charge is 2.16. The van der Waals surface area contributed by atoms with Gasteiger partial charge < -0.3 is 15.4 Å². The predicted octanol–water partition coefficient (Wildman–Crippen LogP) is 2.01. The van der Waals surface area contributed by atoms with E-state index in [2.05, 4.69) is 4.98 Å². The molecule has 0 fully saturated rings. The molecule has 0 unspecified atom stereocenters. The maximum Gasteiger partial charge on any atom is 0.277 e. The summed E-state index contributed by atoms with van der Waals surface area (Å²) in [5.74, 6) is 0.561. The summed E-state index contributed by atoms with van der Waals surface area (Å²) in [6, 6.07) is 7.22. The van der Waals surface area contributed by atoms with Crippen LogP contribution in [0.3, 0.4) is 0 Å². The number of nitrogens with two attached hydrogens (primary N) is 1. The quantitative estimate of drug-likeness (QED) is 0.919. The Morgan fingerprint density at radius 3 is 2.56 bits per heavy atom. The summed E-state index contributed by atoms with van der Waals surface area (Å²) < 4.78 is 5.07. The first kappa shape index (κ1) is 12.4. The lowest BCUT2D eigenvalue weighted by atomic mass is 10.2. The van der Waals surface area contributed by atoms with Gasteiger partial charge in [0.25, 0.3) is 5.91 Å². The number of hydrogen-bond acceptors (Lipinski definition) is 5. The summed E-state index contributed by atoms with van der Waals surface area (Å²) >= 11 is 1.25. The number of thiazole rings is 1. The van der Waals surface area contributed by atoms with Gasteiger partial charge in [-0.15, -0.1) is 11.3 Å². The molecule has 18 heavy (non-hydrogen) atoms. The predicted molar refractivity (Wildman–Crippen MR) is 72.3 cm³/mol. The van der Waals surface area contributed by atoms with E-state index in [1.807, 2.05) is 12.1 Å². The van der Waals surface area contributed by atoms with Gasteiger partial charge in [-0.25, -0.2) is 4.98 Å². The van der Waals surface area contributed by atoms with Crippen LogP contribution in [0.5, 0.6) is 5.75 Å². The van der Waals surface area contributed by atoms with Crippen LogP contribution in [0.2, 0.25) is 0 Å². The second kappa shape index (κ2) is 5.05. The van der Waals surface area contributed by atoms with Crippen LogP contribution in [0.25, 0.3) is 0 Å². The highest BCUT2D eigenvalue weighted by atomic mass is 32.1. The lowest BCUT2D eigenvalue weighted by Gasteiger charge is -2.16. The van der Waals surface area contributed by atoms with Gasteiger partial charge in [0.05, 0.1) is 7.11 Å². The van der Waals surface area contributed by atoms with Gasteiger partial charge in [-0.3, -0.25) is 4.79 Å². The third-order valence-electron chi connectivity index (χ3n) is 2.51. The average molecular weight is 263 g/mol. The second-order valence-corrected chi connectivity index (χ2v) is 4.52. The molecule has 1 aromatic heterocycles. The van der Waals surface area contributed by atoms with Crippen molar-refractivity contribution in [2.75, 3.05) is 24.8 Å². The molecule has 1 amide bonds.